The van der Waals surface area contributed by atoms with Crippen molar-refractivity contribution in [3.63, 3.8) is 0 Å². The Hall–Kier alpha value is -5.21. The normalized spacial score (nSPS) is 11.7. The third kappa shape index (κ3) is 4.88. The van der Waals surface area contributed by atoms with E-state index in [-0.39, 0.29) is 43.7 Å². The number of aromatic nitrogens is 2. The monoisotopic (exact) mass is 660 g/mol. The van der Waals surface area contributed by atoms with E-state index in [4.69, 9.17) is 78.5 Å². The van der Waals surface area contributed by atoms with E-state index >= 15 is 0 Å². The SMILES string of the molecule is [B]c1c([B])c([B])c(-c2ccc(-n3c4ccccc4c4c5c6ccccc6n(-c6cccc(-c7c([B])c([B])c([B])c([B])c7[B])c6)c5ccc43)cc2)c([B])c1[B]. The summed E-state index contributed by atoms with van der Waals surface area (Å²) in [6.45, 7) is 0. The standard InChI is InChI=1S/C42H18B10N2/c43-33-29(34(44)38(48)41(51)37(33)47)19-12-14-21(15-13-19)53-25-10-3-1-8-23(25)31-27(53)16-17-28-32(31)24-9-2-4-11-26(24)54(28)22-7-5-6-20(18-22)30-35(45)39(49)42(52)40(50)36(30)46/h1-18H. The lowest BCUT2D eigenvalue weighted by Crippen LogP contribution is -2.55. The van der Waals surface area contributed by atoms with E-state index in [9.17, 15) is 0 Å². The maximum absolute atomic E-state index is 6.49. The zero-order valence-corrected chi connectivity index (χ0v) is 29.1. The van der Waals surface area contributed by atoms with Crippen molar-refractivity contribution in [2.45, 2.75) is 0 Å². The Morgan fingerprint density at radius 2 is 0.704 bits per heavy atom. The summed E-state index contributed by atoms with van der Waals surface area (Å²) in [7, 11) is 62.9. The molecule has 226 valence electrons. The summed E-state index contributed by atoms with van der Waals surface area (Å²) in [5.41, 5.74) is 11.0. The molecule has 2 aromatic heterocycles. The molecule has 0 aliphatic heterocycles. The van der Waals surface area contributed by atoms with Crippen molar-refractivity contribution in [1.29, 1.82) is 0 Å². The summed E-state index contributed by atoms with van der Waals surface area (Å²) < 4.78 is 4.52. The summed E-state index contributed by atoms with van der Waals surface area (Å²) in [6.07, 6.45) is 0. The number of rotatable bonds is 4. The summed E-state index contributed by atoms with van der Waals surface area (Å²) in [4.78, 5) is 0. The van der Waals surface area contributed by atoms with Gasteiger partial charge < -0.3 is 9.13 Å². The Morgan fingerprint density at radius 3 is 1.19 bits per heavy atom. The average molecular weight is 659 g/mol. The topological polar surface area (TPSA) is 9.86 Å². The number of para-hydroxylation sites is 2. The first-order chi connectivity index (χ1) is 26.0. The molecule has 0 aliphatic rings. The highest BCUT2D eigenvalue weighted by atomic mass is 15.0. The molecule has 0 spiro atoms. The van der Waals surface area contributed by atoms with E-state index in [1.165, 1.54) is 0 Å². The molecule has 54 heavy (non-hydrogen) atoms. The van der Waals surface area contributed by atoms with Crippen molar-refractivity contribution in [1.82, 2.24) is 9.13 Å². The van der Waals surface area contributed by atoms with Crippen LogP contribution in [0, 0.1) is 0 Å². The quantitative estimate of drug-likeness (QED) is 0.219. The summed E-state index contributed by atoms with van der Waals surface area (Å²) >= 11 is 0. The predicted octanol–water partition coefficient (Wildman–Crippen LogP) is -0.847. The van der Waals surface area contributed by atoms with E-state index < -0.39 is 0 Å². The minimum atomic E-state index is 0.179. The van der Waals surface area contributed by atoms with Gasteiger partial charge in [-0.15, -0.1) is 32.8 Å². The highest BCUT2D eigenvalue weighted by Crippen LogP contribution is 2.42. The van der Waals surface area contributed by atoms with Gasteiger partial charge in [0.25, 0.3) is 0 Å². The molecule has 0 fully saturated rings. The van der Waals surface area contributed by atoms with Crippen LogP contribution in [0.4, 0.5) is 0 Å². The summed E-state index contributed by atoms with van der Waals surface area (Å²) in [6, 6.07) is 37.1. The van der Waals surface area contributed by atoms with Gasteiger partial charge in [0.15, 0.2) is 0 Å². The maximum Gasteiger partial charge on any atom is 0.113 e. The number of benzene rings is 7. The number of fused-ring (bicyclic) bond motifs is 7. The van der Waals surface area contributed by atoms with Crippen LogP contribution in [-0.4, -0.2) is 87.6 Å². The smallest absolute Gasteiger partial charge is 0.113 e. The molecule has 0 unspecified atom stereocenters. The Kier molecular flexibility index (Phi) is 8.12. The molecular formula is C42H18B10N2. The zero-order valence-electron chi connectivity index (χ0n) is 29.1. The molecule has 20 radical (unpaired) electrons. The first-order valence-electron chi connectivity index (χ1n) is 17.2. The largest absolute Gasteiger partial charge is 0.309 e. The van der Waals surface area contributed by atoms with E-state index in [0.717, 1.165) is 66.1 Å². The zero-order chi connectivity index (χ0) is 37.7. The maximum atomic E-state index is 6.49. The van der Waals surface area contributed by atoms with Crippen LogP contribution >= 0.6 is 0 Å². The first-order valence-corrected chi connectivity index (χ1v) is 17.2. The fourth-order valence-corrected chi connectivity index (χ4v) is 7.97. The van der Waals surface area contributed by atoms with Gasteiger partial charge in [-0.2, -0.15) is 0 Å². The third-order valence-electron chi connectivity index (χ3n) is 10.7. The molecule has 0 aliphatic carbocycles. The molecular weight excluding hydrogens is 641 g/mol. The lowest BCUT2D eigenvalue weighted by molar-refractivity contribution is 1.17. The van der Waals surface area contributed by atoms with Gasteiger partial charge in [0.2, 0.25) is 0 Å². The molecule has 0 saturated heterocycles. The van der Waals surface area contributed by atoms with E-state index in [0.29, 0.717) is 22.1 Å². The molecule has 2 nitrogen and oxygen atoms in total. The van der Waals surface area contributed by atoms with Gasteiger partial charge in [-0.05, 0) is 70.8 Å². The second kappa shape index (κ2) is 12.7. The van der Waals surface area contributed by atoms with Crippen molar-refractivity contribution >= 4 is 177 Å². The number of hydrogen-bond acceptors (Lipinski definition) is 0. The summed E-state index contributed by atoms with van der Waals surface area (Å²) in [5.74, 6) is 0. The highest BCUT2D eigenvalue weighted by Gasteiger charge is 2.21. The molecule has 12 heteroatoms. The van der Waals surface area contributed by atoms with Crippen LogP contribution in [0.1, 0.15) is 0 Å². The van der Waals surface area contributed by atoms with Crippen LogP contribution in [0.5, 0.6) is 0 Å². The predicted molar refractivity (Wildman–Crippen MR) is 240 cm³/mol. The highest BCUT2D eigenvalue weighted by molar-refractivity contribution is 6.70. The Bertz CT molecular complexity index is 2990. The lowest BCUT2D eigenvalue weighted by Gasteiger charge is -2.22. The Labute approximate surface area is 327 Å². The molecule has 9 rings (SSSR count). The van der Waals surface area contributed by atoms with Gasteiger partial charge in [0.05, 0.1) is 22.1 Å². The summed E-state index contributed by atoms with van der Waals surface area (Å²) in [5, 5.41) is 4.46. The Morgan fingerprint density at radius 1 is 0.296 bits per heavy atom. The minimum Gasteiger partial charge on any atom is -0.309 e. The molecule has 0 amide bonds. The van der Waals surface area contributed by atoms with Gasteiger partial charge in [0, 0.05) is 32.9 Å². The molecule has 0 bridgehead atoms. The van der Waals surface area contributed by atoms with Gasteiger partial charge in [-0.1, -0.05) is 82.5 Å². The molecule has 0 N–H and O–H groups in total. The van der Waals surface area contributed by atoms with Gasteiger partial charge in [-0.3, -0.25) is 0 Å². The number of hydrogen-bond donors (Lipinski definition) is 0. The van der Waals surface area contributed by atoms with Crippen molar-refractivity contribution in [3.05, 3.63) is 109 Å². The van der Waals surface area contributed by atoms with Crippen LogP contribution in [0.2, 0.25) is 0 Å². The fourth-order valence-electron chi connectivity index (χ4n) is 7.97. The molecule has 9 aromatic rings. The van der Waals surface area contributed by atoms with Gasteiger partial charge in [-0.25, -0.2) is 0 Å². The van der Waals surface area contributed by atoms with Crippen molar-refractivity contribution in [2.24, 2.45) is 0 Å². The van der Waals surface area contributed by atoms with Gasteiger partial charge in [0.1, 0.15) is 78.5 Å². The first kappa shape index (κ1) is 34.6. The molecule has 7 aromatic carbocycles. The second-order valence-electron chi connectivity index (χ2n) is 13.5. The molecule has 0 atom stereocenters. The second-order valence-corrected chi connectivity index (χ2v) is 13.5. The van der Waals surface area contributed by atoms with Crippen molar-refractivity contribution < 1.29 is 0 Å². The van der Waals surface area contributed by atoms with Crippen LogP contribution in [0.25, 0.3) is 77.2 Å². The number of nitrogens with zero attached hydrogens (tertiary/aromatic N) is 2. The van der Waals surface area contributed by atoms with Crippen LogP contribution in [-0.2, 0) is 0 Å². The van der Waals surface area contributed by atoms with Crippen molar-refractivity contribution in [2.75, 3.05) is 0 Å². The Balaban J connectivity index is 1.28. The van der Waals surface area contributed by atoms with Crippen molar-refractivity contribution in [3.8, 4) is 33.6 Å². The van der Waals surface area contributed by atoms with Gasteiger partial charge >= 0.3 is 0 Å². The minimum absolute atomic E-state index is 0.179. The van der Waals surface area contributed by atoms with Crippen LogP contribution in [0.15, 0.2) is 109 Å². The third-order valence-corrected chi connectivity index (χ3v) is 10.7. The van der Waals surface area contributed by atoms with Crippen LogP contribution < -0.4 is 54.6 Å². The van der Waals surface area contributed by atoms with E-state index in [2.05, 4.69) is 63.7 Å². The lowest BCUT2D eigenvalue weighted by atomic mass is 9.59. The fraction of sp³-hybridized carbons (Fsp3) is 0. The average Bonchev–Trinajstić information content (AvgIpc) is 3.71. The van der Waals surface area contributed by atoms with E-state index in [1.807, 2.05) is 54.6 Å². The molecule has 2 heterocycles. The van der Waals surface area contributed by atoms with Crippen LogP contribution in [0.3, 0.4) is 0 Å². The molecule has 0 saturated carbocycles. The van der Waals surface area contributed by atoms with E-state index in [1.54, 1.807) is 0 Å².